The van der Waals surface area contributed by atoms with Gasteiger partial charge in [0.05, 0.1) is 11.4 Å². The monoisotopic (exact) mass is 905 g/mol. The van der Waals surface area contributed by atoms with Crippen LogP contribution in [0.5, 0.6) is 11.5 Å². The van der Waals surface area contributed by atoms with Crippen LogP contribution < -0.4 is 4.74 Å². The molecule has 0 N–H and O–H groups in total. The van der Waals surface area contributed by atoms with Crippen molar-refractivity contribution in [3.63, 3.8) is 0 Å². The van der Waals surface area contributed by atoms with Gasteiger partial charge in [-0.25, -0.2) is 4.98 Å². The molecule has 5 nitrogen and oxygen atoms in total. The van der Waals surface area contributed by atoms with Crippen LogP contribution in [0, 0.1) is 30.9 Å². The minimum absolute atomic E-state index is 0. The second kappa shape index (κ2) is 15.1. The van der Waals surface area contributed by atoms with Gasteiger partial charge in [0, 0.05) is 40.3 Å². The van der Waals surface area contributed by atoms with E-state index in [2.05, 4.69) is 175 Å². The molecule has 0 bridgehead atoms. The Bertz CT molecular complexity index is 2530. The molecule has 0 spiro atoms. The van der Waals surface area contributed by atoms with Gasteiger partial charge in [-0.15, -0.1) is 41.3 Å². The van der Waals surface area contributed by atoms with Gasteiger partial charge in [0.1, 0.15) is 5.82 Å². The summed E-state index contributed by atoms with van der Waals surface area (Å²) in [6.45, 7) is 20.3. The van der Waals surface area contributed by atoms with E-state index >= 15 is 0 Å². The third kappa shape index (κ3) is 7.24. The Labute approximate surface area is 340 Å². The first-order valence-electron chi connectivity index (χ1n) is 19.4. The molecule has 1 unspecified atom stereocenters. The Hall–Kier alpha value is -4.73. The zero-order valence-corrected chi connectivity index (χ0v) is 35.6. The molecule has 282 valence electrons. The number of hydrogen-bond acceptors (Lipinski definition) is 3. The molecule has 0 fully saturated rings. The number of para-hydroxylation sites is 1. The molecule has 0 saturated heterocycles. The smallest absolute Gasteiger partial charge is 0.509 e. The number of rotatable bonds is 7. The average Bonchev–Trinajstić information content (AvgIpc) is 3.65. The van der Waals surface area contributed by atoms with Crippen molar-refractivity contribution in [1.29, 1.82) is 0 Å². The van der Waals surface area contributed by atoms with Crippen molar-refractivity contribution in [3.05, 3.63) is 143 Å². The topological polar surface area (TPSA) is 44.9 Å². The Balaban J connectivity index is 0.00000465. The van der Waals surface area contributed by atoms with Crippen molar-refractivity contribution < 1.29 is 25.8 Å². The van der Waals surface area contributed by atoms with Crippen LogP contribution in [0.3, 0.4) is 0 Å². The summed E-state index contributed by atoms with van der Waals surface area (Å²) in [6.07, 6.45) is 5.52. The predicted octanol–water partition coefficient (Wildman–Crippen LogP) is 12.9. The molecule has 4 aromatic carbocycles. The number of aromatic nitrogens is 4. The zero-order valence-electron chi connectivity index (χ0n) is 33.3. The fourth-order valence-corrected chi connectivity index (χ4v) is 8.61. The first kappa shape index (κ1) is 38.5. The van der Waals surface area contributed by atoms with Crippen molar-refractivity contribution in [1.82, 2.24) is 19.3 Å². The van der Waals surface area contributed by atoms with Crippen molar-refractivity contribution in [2.24, 2.45) is 11.8 Å². The summed E-state index contributed by atoms with van der Waals surface area (Å²) in [4.78, 5) is 4.86. The van der Waals surface area contributed by atoms with Gasteiger partial charge in [-0.2, -0.15) is 11.2 Å². The maximum atomic E-state index is 6.75. The van der Waals surface area contributed by atoms with Gasteiger partial charge < -0.3 is 9.30 Å². The van der Waals surface area contributed by atoms with E-state index in [1.807, 2.05) is 12.3 Å². The Morgan fingerprint density at radius 1 is 0.836 bits per heavy atom. The van der Waals surface area contributed by atoms with Gasteiger partial charge >= 0.3 is 21.1 Å². The van der Waals surface area contributed by atoms with Crippen LogP contribution in [0.25, 0.3) is 44.6 Å². The standard InChI is InChI=1S/C49H50N4O.Pt/c1-30(2)36-25-38(53-48(35-15-11-10-12-16-35)47(34(6)51-53)46-32(4)23-31(3)24-33(46)5)28-40(26-36)54-39-19-20-42-41-17-13-14-18-43(41)52(44(42)29-39)45-27-37(21-22-50-45)49(7,8)9;/h10-23,25-27,30-31,33,46H,24H2,1-9H3;/q-2;+2/t31-,33-,46?;/m0./s1. The minimum atomic E-state index is -0.0135. The van der Waals surface area contributed by atoms with E-state index in [4.69, 9.17) is 14.8 Å². The Morgan fingerprint density at radius 2 is 1.58 bits per heavy atom. The van der Waals surface area contributed by atoms with Crippen LogP contribution in [0.1, 0.15) is 96.0 Å². The number of benzene rings is 4. The maximum Gasteiger partial charge on any atom is 2.00 e. The molecule has 1 aliphatic carbocycles. The number of aryl methyl sites for hydroxylation is 1. The van der Waals surface area contributed by atoms with Gasteiger partial charge in [0.15, 0.2) is 0 Å². The summed E-state index contributed by atoms with van der Waals surface area (Å²) < 4.78 is 11.1. The molecule has 0 amide bonds. The first-order chi connectivity index (χ1) is 25.9. The molecule has 0 saturated carbocycles. The van der Waals surface area contributed by atoms with E-state index in [9.17, 15) is 0 Å². The average molecular weight is 906 g/mol. The normalized spacial score (nSPS) is 17.4. The van der Waals surface area contributed by atoms with Crippen LogP contribution in [0.15, 0.2) is 109 Å². The first-order valence-corrected chi connectivity index (χ1v) is 19.4. The second-order valence-corrected chi connectivity index (χ2v) is 16.7. The van der Waals surface area contributed by atoms with E-state index in [-0.39, 0.29) is 32.4 Å². The number of fused-ring (bicyclic) bond motifs is 3. The van der Waals surface area contributed by atoms with E-state index in [0.717, 1.165) is 62.2 Å². The molecular formula is C49H50N4OPt. The summed E-state index contributed by atoms with van der Waals surface area (Å²) >= 11 is 0. The van der Waals surface area contributed by atoms with Crippen LogP contribution in [-0.4, -0.2) is 19.3 Å². The summed E-state index contributed by atoms with van der Waals surface area (Å²) in [5, 5.41) is 7.54. The fraction of sp³-hybridized carbons (Fsp3) is 0.306. The Morgan fingerprint density at radius 3 is 2.31 bits per heavy atom. The number of ether oxygens (including phenoxy) is 1. The summed E-state index contributed by atoms with van der Waals surface area (Å²) in [5.41, 5.74) is 11.3. The van der Waals surface area contributed by atoms with Gasteiger partial charge in [-0.3, -0.25) is 4.68 Å². The fourth-order valence-electron chi connectivity index (χ4n) is 8.61. The SMILES string of the molecule is CC1=C[C@H](C)C[C@H](C)C1c1c(C)nn(-c2[c-]c(Oc3[c-]c4c(cc3)c3ccccc3n4-c3cc(C(C)(C)C)ccn3)cc(C(C)C)c2)c1-c1ccccc1.[Pt+2]. The van der Waals surface area contributed by atoms with Gasteiger partial charge in [0.25, 0.3) is 0 Å². The van der Waals surface area contributed by atoms with Gasteiger partial charge in [0.2, 0.25) is 0 Å². The van der Waals surface area contributed by atoms with Crippen molar-refractivity contribution in [2.45, 2.75) is 86.0 Å². The maximum absolute atomic E-state index is 6.75. The largest absolute Gasteiger partial charge is 2.00 e. The molecule has 0 aliphatic heterocycles. The molecule has 7 aromatic rings. The van der Waals surface area contributed by atoms with Crippen molar-refractivity contribution >= 4 is 21.8 Å². The molecule has 3 aromatic heterocycles. The zero-order chi connectivity index (χ0) is 37.9. The second-order valence-electron chi connectivity index (χ2n) is 16.7. The summed E-state index contributed by atoms with van der Waals surface area (Å²) in [6, 6.07) is 39.3. The van der Waals surface area contributed by atoms with Crippen molar-refractivity contribution in [3.8, 4) is 34.3 Å². The van der Waals surface area contributed by atoms with Crippen LogP contribution >= 0.6 is 0 Å². The molecular weight excluding hydrogens is 856 g/mol. The van der Waals surface area contributed by atoms with Gasteiger partial charge in [-0.1, -0.05) is 114 Å². The molecule has 8 rings (SSSR count). The third-order valence-corrected chi connectivity index (χ3v) is 11.2. The molecule has 3 atom stereocenters. The van der Waals surface area contributed by atoms with Gasteiger partial charge in [-0.05, 0) is 78.3 Å². The molecule has 6 heteroatoms. The molecule has 0 radical (unpaired) electrons. The van der Waals surface area contributed by atoms with E-state index < -0.39 is 0 Å². The molecule has 3 heterocycles. The predicted molar refractivity (Wildman–Crippen MR) is 222 cm³/mol. The third-order valence-electron chi connectivity index (χ3n) is 11.2. The number of allylic oxidation sites excluding steroid dienone is 2. The summed E-state index contributed by atoms with van der Waals surface area (Å²) in [7, 11) is 0. The number of hydrogen-bond donors (Lipinski definition) is 0. The minimum Gasteiger partial charge on any atom is -0.509 e. The Kier molecular flexibility index (Phi) is 10.6. The number of pyridine rings is 1. The van der Waals surface area contributed by atoms with Crippen LogP contribution in [-0.2, 0) is 26.5 Å². The van der Waals surface area contributed by atoms with E-state index in [0.29, 0.717) is 29.3 Å². The quantitative estimate of drug-likeness (QED) is 0.118. The van der Waals surface area contributed by atoms with Crippen LogP contribution in [0.4, 0.5) is 0 Å². The molecule has 1 aliphatic rings. The number of nitrogens with zero attached hydrogens (tertiary/aromatic N) is 4. The molecule has 55 heavy (non-hydrogen) atoms. The van der Waals surface area contributed by atoms with E-state index in [1.54, 1.807) is 0 Å². The van der Waals surface area contributed by atoms with Crippen LogP contribution in [0.2, 0.25) is 0 Å². The summed E-state index contributed by atoms with van der Waals surface area (Å²) in [5.74, 6) is 3.74. The van der Waals surface area contributed by atoms with Crippen molar-refractivity contribution in [2.75, 3.05) is 0 Å². The van der Waals surface area contributed by atoms with E-state index in [1.165, 1.54) is 16.7 Å².